The minimum atomic E-state index is -1.55. The molecule has 2 aliphatic rings. The van der Waals surface area contributed by atoms with Gasteiger partial charge in [0.2, 0.25) is 0 Å². The largest absolute Gasteiger partial charge is 0.394 e. The molecule has 7 N–H and O–H groups in total. The molecule has 37 heavy (non-hydrogen) atoms. The predicted octanol–water partition coefficient (Wildman–Crippen LogP) is -4.40. The summed E-state index contributed by atoms with van der Waals surface area (Å²) in [6.07, 6.45) is -8.97. The fourth-order valence-electron chi connectivity index (χ4n) is 3.97. The van der Waals surface area contributed by atoms with Gasteiger partial charge in [-0.05, 0) is 6.42 Å². The van der Waals surface area contributed by atoms with Gasteiger partial charge in [0, 0.05) is 0 Å². The van der Waals surface area contributed by atoms with Crippen molar-refractivity contribution in [3.63, 3.8) is 0 Å². The summed E-state index contributed by atoms with van der Waals surface area (Å²) in [7, 11) is 0. The smallest absolute Gasteiger partial charge is 0.187 e. The Morgan fingerprint density at radius 2 is 1.68 bits per heavy atom. The molecule has 0 aliphatic carbocycles. The van der Waals surface area contributed by atoms with Crippen molar-refractivity contribution < 1.29 is 54.7 Å². The molecule has 208 valence electrons. The standard InChI is InChI=1S/C20H32N6O11/c1-2-13(25-4-10(22-24-25)7-34-19-17(32)14(29)11(28)8-36-19)26-21-3-9(23-26)6-35-20-18(33)16(31)15(30)12(5-27)37-20/h3-4,11-20,27-33H,2,5-8H2,1H3/t11-,12-,13?,14-,15+,16+,17+,18-,19?,20?/m1/s1. The third-order valence-electron chi connectivity index (χ3n) is 6.14. The molecule has 10 atom stereocenters. The van der Waals surface area contributed by atoms with E-state index >= 15 is 0 Å². The first kappa shape index (κ1) is 27.9. The van der Waals surface area contributed by atoms with Crippen molar-refractivity contribution in [3.8, 4) is 0 Å². The van der Waals surface area contributed by atoms with Crippen LogP contribution in [0.2, 0.25) is 0 Å². The second-order valence-electron chi connectivity index (χ2n) is 8.80. The average molecular weight is 533 g/mol. The van der Waals surface area contributed by atoms with Gasteiger partial charge in [-0.25, -0.2) is 4.68 Å². The number of aliphatic hydroxyl groups excluding tert-OH is 7. The fraction of sp³-hybridized carbons (Fsp3) is 0.800. The first-order chi connectivity index (χ1) is 17.7. The first-order valence-corrected chi connectivity index (χ1v) is 11.7. The lowest BCUT2D eigenvalue weighted by atomic mass is 9.99. The normalized spacial score (nSPS) is 35.5. The quantitative estimate of drug-likeness (QED) is 0.153. The van der Waals surface area contributed by atoms with Gasteiger partial charge in [-0.3, -0.25) is 0 Å². The Morgan fingerprint density at radius 1 is 0.973 bits per heavy atom. The molecule has 0 saturated carbocycles. The first-order valence-electron chi connectivity index (χ1n) is 11.7. The Morgan fingerprint density at radius 3 is 2.41 bits per heavy atom. The summed E-state index contributed by atoms with van der Waals surface area (Å²) < 4.78 is 23.0. The van der Waals surface area contributed by atoms with Crippen LogP contribution in [0.3, 0.4) is 0 Å². The van der Waals surface area contributed by atoms with Gasteiger partial charge in [-0.1, -0.05) is 12.1 Å². The van der Waals surface area contributed by atoms with Crippen LogP contribution in [0.25, 0.3) is 0 Å². The highest BCUT2D eigenvalue weighted by atomic mass is 16.7. The van der Waals surface area contributed by atoms with Gasteiger partial charge in [-0.15, -0.1) is 5.10 Å². The number of nitrogens with zero attached hydrogens (tertiary/aromatic N) is 6. The Kier molecular flexibility index (Phi) is 9.14. The van der Waals surface area contributed by atoms with Crippen molar-refractivity contribution >= 4 is 0 Å². The van der Waals surface area contributed by atoms with Crippen LogP contribution in [0.4, 0.5) is 0 Å². The summed E-state index contributed by atoms with van der Waals surface area (Å²) in [5.74, 6) is 0. The highest BCUT2D eigenvalue weighted by molar-refractivity contribution is 4.94. The molecule has 2 fully saturated rings. The Labute approximate surface area is 210 Å². The van der Waals surface area contributed by atoms with Crippen LogP contribution in [-0.4, -0.2) is 134 Å². The Balaban J connectivity index is 1.33. The molecule has 2 aliphatic heterocycles. The lowest BCUT2D eigenvalue weighted by molar-refractivity contribution is -0.304. The van der Waals surface area contributed by atoms with Crippen molar-refractivity contribution in [2.24, 2.45) is 0 Å². The number of aromatic nitrogens is 6. The van der Waals surface area contributed by atoms with E-state index in [1.807, 2.05) is 6.92 Å². The zero-order valence-electron chi connectivity index (χ0n) is 19.9. The maximum Gasteiger partial charge on any atom is 0.187 e. The number of hydrogen-bond donors (Lipinski definition) is 7. The van der Waals surface area contributed by atoms with E-state index < -0.39 is 68.1 Å². The van der Waals surface area contributed by atoms with E-state index in [0.717, 1.165) is 0 Å². The maximum absolute atomic E-state index is 10.1. The van der Waals surface area contributed by atoms with Crippen LogP contribution >= 0.6 is 0 Å². The minimum Gasteiger partial charge on any atom is -0.394 e. The highest BCUT2D eigenvalue weighted by Gasteiger charge is 2.44. The molecule has 3 unspecified atom stereocenters. The number of rotatable bonds is 10. The fourth-order valence-corrected chi connectivity index (χ4v) is 3.97. The predicted molar refractivity (Wildman–Crippen MR) is 116 cm³/mol. The number of hydrogen-bond acceptors (Lipinski definition) is 15. The summed E-state index contributed by atoms with van der Waals surface area (Å²) in [6.45, 7) is 0.921. The van der Waals surface area contributed by atoms with Gasteiger partial charge in [0.05, 0.1) is 38.8 Å². The summed E-state index contributed by atoms with van der Waals surface area (Å²) in [6, 6.07) is 0. The molecule has 0 amide bonds. The molecule has 2 aromatic heterocycles. The maximum atomic E-state index is 10.1. The summed E-state index contributed by atoms with van der Waals surface area (Å²) in [4.78, 5) is 1.39. The van der Waals surface area contributed by atoms with Gasteiger partial charge in [-0.2, -0.15) is 15.0 Å². The topological polar surface area (TPSA) is 240 Å². The number of ether oxygens (including phenoxy) is 4. The van der Waals surface area contributed by atoms with Crippen LogP contribution in [-0.2, 0) is 32.2 Å². The lowest BCUT2D eigenvalue weighted by Crippen LogP contribution is -2.59. The van der Waals surface area contributed by atoms with Gasteiger partial charge < -0.3 is 54.7 Å². The summed E-state index contributed by atoms with van der Waals surface area (Å²) in [5, 5.41) is 85.1. The minimum absolute atomic E-state index is 0.0777. The second kappa shape index (κ2) is 12.1. The SMILES string of the molecule is CCC(n1cc(COC2OC[C@@H](O)[C@@H](O)[C@@H]2O)nn1)n1ncc(COC2O[C@H](CO)[C@H](O)[C@H](O)[C@H]2O)n1. The molecule has 0 spiro atoms. The molecule has 4 heterocycles. The van der Waals surface area contributed by atoms with Gasteiger partial charge in [0.1, 0.15) is 54.1 Å². The molecule has 0 aromatic carbocycles. The van der Waals surface area contributed by atoms with Crippen LogP contribution in [0, 0.1) is 0 Å². The summed E-state index contributed by atoms with van der Waals surface area (Å²) in [5.41, 5.74) is 0.788. The molecule has 0 bridgehead atoms. The zero-order valence-corrected chi connectivity index (χ0v) is 19.9. The van der Waals surface area contributed by atoms with E-state index in [1.165, 1.54) is 15.7 Å². The Bertz CT molecular complexity index is 992. The van der Waals surface area contributed by atoms with E-state index in [-0.39, 0.29) is 19.8 Å². The van der Waals surface area contributed by atoms with Crippen LogP contribution < -0.4 is 0 Å². The monoisotopic (exact) mass is 532 g/mol. The van der Waals surface area contributed by atoms with E-state index in [9.17, 15) is 35.7 Å². The number of aliphatic hydroxyl groups is 7. The van der Waals surface area contributed by atoms with E-state index in [0.29, 0.717) is 17.8 Å². The third-order valence-corrected chi connectivity index (χ3v) is 6.14. The van der Waals surface area contributed by atoms with Crippen molar-refractivity contribution in [2.45, 2.75) is 88.0 Å². The van der Waals surface area contributed by atoms with Crippen LogP contribution in [0.5, 0.6) is 0 Å². The molecule has 0 radical (unpaired) electrons. The molecular weight excluding hydrogens is 500 g/mol. The summed E-state index contributed by atoms with van der Waals surface area (Å²) >= 11 is 0. The molecule has 17 heteroatoms. The van der Waals surface area contributed by atoms with Crippen molar-refractivity contribution in [1.29, 1.82) is 0 Å². The van der Waals surface area contributed by atoms with E-state index in [2.05, 4.69) is 20.5 Å². The highest BCUT2D eigenvalue weighted by Crippen LogP contribution is 2.23. The van der Waals surface area contributed by atoms with Gasteiger partial charge in [0.25, 0.3) is 0 Å². The van der Waals surface area contributed by atoms with Crippen molar-refractivity contribution in [2.75, 3.05) is 13.2 Å². The second-order valence-corrected chi connectivity index (χ2v) is 8.80. The van der Waals surface area contributed by atoms with Crippen molar-refractivity contribution in [1.82, 2.24) is 30.0 Å². The zero-order chi connectivity index (χ0) is 26.7. The van der Waals surface area contributed by atoms with Gasteiger partial charge >= 0.3 is 0 Å². The van der Waals surface area contributed by atoms with Crippen molar-refractivity contribution in [3.05, 3.63) is 23.8 Å². The molecule has 4 rings (SSSR count). The molecular formula is C20H32N6O11. The van der Waals surface area contributed by atoms with Gasteiger partial charge in [0.15, 0.2) is 18.7 Å². The van der Waals surface area contributed by atoms with Crippen LogP contribution in [0.15, 0.2) is 12.4 Å². The van der Waals surface area contributed by atoms with Crippen LogP contribution in [0.1, 0.15) is 30.9 Å². The molecule has 17 nitrogen and oxygen atoms in total. The van der Waals surface area contributed by atoms with E-state index in [4.69, 9.17) is 18.9 Å². The Hall–Kier alpha value is -2.16. The lowest BCUT2D eigenvalue weighted by Gasteiger charge is -2.39. The molecule has 2 saturated heterocycles. The molecule has 2 aromatic rings. The van der Waals surface area contributed by atoms with E-state index in [1.54, 1.807) is 6.20 Å². The third kappa shape index (κ3) is 6.13. The average Bonchev–Trinajstić information content (AvgIpc) is 3.56.